The molecule has 5 N–H and O–H groups in total. The summed E-state index contributed by atoms with van der Waals surface area (Å²) < 4.78 is 0. The first-order chi connectivity index (χ1) is 9.77. The molecule has 3 amide bonds. The van der Waals surface area contributed by atoms with E-state index in [4.69, 9.17) is 16.2 Å². The minimum atomic E-state index is -1.45. The second kappa shape index (κ2) is 4.89. The summed E-state index contributed by atoms with van der Waals surface area (Å²) in [5.74, 6) is -2.23. The van der Waals surface area contributed by atoms with Gasteiger partial charge in [0.15, 0.2) is 0 Å². The van der Waals surface area contributed by atoms with Gasteiger partial charge in [0.05, 0.1) is 0 Å². The lowest BCUT2D eigenvalue weighted by Crippen LogP contribution is -2.43. The Balaban J connectivity index is 2.49. The van der Waals surface area contributed by atoms with E-state index in [2.05, 4.69) is 5.32 Å². The molecule has 1 unspecified atom stereocenters. The molecule has 1 saturated heterocycles. The number of imide groups is 1. The molecule has 0 spiro atoms. The molecule has 2 rings (SSSR count). The molecule has 8 nitrogen and oxygen atoms in total. The molecule has 0 aliphatic carbocycles. The Morgan fingerprint density at radius 2 is 2.05 bits per heavy atom. The number of amidine groups is 1. The Morgan fingerprint density at radius 3 is 2.62 bits per heavy atom. The van der Waals surface area contributed by atoms with E-state index >= 15 is 0 Å². The SMILES string of the molecule is CC1(c2ccccc2C(=N)N)NC(=O)N(CC(=O)O)C1=O. The van der Waals surface area contributed by atoms with E-state index in [0.717, 1.165) is 0 Å². The van der Waals surface area contributed by atoms with Gasteiger partial charge in [-0.05, 0) is 12.5 Å². The van der Waals surface area contributed by atoms with Crippen LogP contribution in [0.25, 0.3) is 0 Å². The number of rotatable bonds is 4. The third-order valence-electron chi connectivity index (χ3n) is 3.32. The number of urea groups is 1. The number of carbonyl (C=O) groups is 3. The van der Waals surface area contributed by atoms with Crippen molar-refractivity contribution in [3.8, 4) is 0 Å². The fourth-order valence-corrected chi connectivity index (χ4v) is 2.31. The molecule has 0 bridgehead atoms. The van der Waals surface area contributed by atoms with Gasteiger partial charge in [-0.2, -0.15) is 0 Å². The van der Waals surface area contributed by atoms with Crippen molar-refractivity contribution in [2.75, 3.05) is 6.54 Å². The van der Waals surface area contributed by atoms with Crippen molar-refractivity contribution in [2.45, 2.75) is 12.5 Å². The van der Waals surface area contributed by atoms with E-state index in [9.17, 15) is 14.4 Å². The van der Waals surface area contributed by atoms with Gasteiger partial charge >= 0.3 is 12.0 Å². The van der Waals surface area contributed by atoms with Gasteiger partial charge in [-0.1, -0.05) is 24.3 Å². The lowest BCUT2D eigenvalue weighted by atomic mass is 9.87. The highest BCUT2D eigenvalue weighted by molar-refractivity contribution is 6.10. The third kappa shape index (κ3) is 2.31. The normalized spacial score (nSPS) is 21.3. The van der Waals surface area contributed by atoms with Crippen LogP contribution in [-0.4, -0.2) is 40.3 Å². The quantitative estimate of drug-likeness (QED) is 0.346. The number of carbonyl (C=O) groups excluding carboxylic acids is 2. The highest BCUT2D eigenvalue weighted by atomic mass is 16.4. The minimum absolute atomic E-state index is 0.245. The van der Waals surface area contributed by atoms with Crippen LogP contribution < -0.4 is 11.1 Å². The maximum Gasteiger partial charge on any atom is 0.325 e. The standard InChI is InChI=1S/C13H14N4O4/c1-13(8-5-3-2-4-7(8)10(14)15)11(20)17(6-9(18)19)12(21)16-13/h2-5H,6H2,1H3,(H3,14,15)(H,16,21)(H,18,19). The zero-order chi connectivity index (χ0) is 15.8. The lowest BCUT2D eigenvalue weighted by Gasteiger charge is -2.24. The van der Waals surface area contributed by atoms with Crippen LogP contribution in [0.15, 0.2) is 24.3 Å². The molecule has 1 aliphatic rings. The maximum absolute atomic E-state index is 12.4. The van der Waals surface area contributed by atoms with E-state index in [0.29, 0.717) is 16.0 Å². The van der Waals surface area contributed by atoms with Gasteiger partial charge in [0, 0.05) is 5.56 Å². The average Bonchev–Trinajstić information content (AvgIpc) is 2.63. The number of benzene rings is 1. The minimum Gasteiger partial charge on any atom is -0.480 e. The number of nitrogens with one attached hydrogen (secondary N) is 2. The Bertz CT molecular complexity index is 657. The Hall–Kier alpha value is -2.90. The van der Waals surface area contributed by atoms with Crippen LogP contribution in [0.1, 0.15) is 18.1 Å². The monoisotopic (exact) mass is 290 g/mol. The summed E-state index contributed by atoms with van der Waals surface area (Å²) in [6.07, 6.45) is 0. The fraction of sp³-hybridized carbons (Fsp3) is 0.231. The van der Waals surface area contributed by atoms with E-state index in [1.165, 1.54) is 6.92 Å². The van der Waals surface area contributed by atoms with E-state index in [1.54, 1.807) is 24.3 Å². The van der Waals surface area contributed by atoms with Crippen LogP contribution in [0.5, 0.6) is 0 Å². The van der Waals surface area contributed by atoms with Crippen molar-refractivity contribution in [2.24, 2.45) is 5.73 Å². The lowest BCUT2D eigenvalue weighted by molar-refractivity contribution is -0.142. The van der Waals surface area contributed by atoms with Crippen molar-refractivity contribution in [1.29, 1.82) is 5.41 Å². The van der Waals surface area contributed by atoms with Crippen LogP contribution >= 0.6 is 0 Å². The molecule has 21 heavy (non-hydrogen) atoms. The Morgan fingerprint density at radius 1 is 1.43 bits per heavy atom. The second-order valence-corrected chi connectivity index (χ2v) is 4.80. The van der Waals surface area contributed by atoms with Crippen molar-refractivity contribution in [1.82, 2.24) is 10.2 Å². The molecule has 1 aromatic carbocycles. The van der Waals surface area contributed by atoms with Crippen LogP contribution in [0.4, 0.5) is 4.79 Å². The van der Waals surface area contributed by atoms with Crippen molar-refractivity contribution >= 4 is 23.7 Å². The number of carboxylic acid groups (broad SMARTS) is 1. The van der Waals surface area contributed by atoms with Gasteiger partial charge < -0.3 is 16.2 Å². The van der Waals surface area contributed by atoms with Gasteiger partial charge in [0.2, 0.25) is 0 Å². The summed E-state index contributed by atoms with van der Waals surface area (Å²) in [4.78, 5) is 35.6. The summed E-state index contributed by atoms with van der Waals surface area (Å²) in [6, 6.07) is 5.64. The predicted octanol–water partition coefficient (Wildman–Crippen LogP) is -0.178. The van der Waals surface area contributed by atoms with Crippen LogP contribution in [0.2, 0.25) is 0 Å². The first-order valence-corrected chi connectivity index (χ1v) is 6.07. The van der Waals surface area contributed by atoms with Gasteiger partial charge in [0.1, 0.15) is 17.9 Å². The highest BCUT2D eigenvalue weighted by Gasteiger charge is 2.50. The molecule has 1 heterocycles. The predicted molar refractivity (Wildman–Crippen MR) is 72.7 cm³/mol. The molecular formula is C13H14N4O4. The van der Waals surface area contributed by atoms with Gasteiger partial charge in [-0.15, -0.1) is 0 Å². The fourth-order valence-electron chi connectivity index (χ4n) is 2.31. The number of nitrogens with two attached hydrogens (primary N) is 1. The van der Waals surface area contributed by atoms with Crippen molar-refractivity contribution in [3.05, 3.63) is 35.4 Å². The number of nitrogen functional groups attached to an aromatic ring is 1. The first-order valence-electron chi connectivity index (χ1n) is 6.07. The van der Waals surface area contributed by atoms with Gasteiger partial charge in [-0.3, -0.25) is 19.9 Å². The molecule has 1 aromatic rings. The van der Waals surface area contributed by atoms with Gasteiger partial charge in [-0.25, -0.2) is 4.79 Å². The maximum atomic E-state index is 12.4. The average molecular weight is 290 g/mol. The Labute approximate surface area is 120 Å². The smallest absolute Gasteiger partial charge is 0.325 e. The van der Waals surface area contributed by atoms with Crippen molar-refractivity contribution in [3.63, 3.8) is 0 Å². The molecule has 0 radical (unpaired) electrons. The molecule has 1 fully saturated rings. The summed E-state index contributed by atoms with van der Waals surface area (Å²) in [7, 11) is 0. The number of hydrogen-bond donors (Lipinski definition) is 4. The van der Waals surface area contributed by atoms with Gasteiger partial charge in [0.25, 0.3) is 5.91 Å². The number of nitrogens with zero attached hydrogens (tertiary/aromatic N) is 1. The highest BCUT2D eigenvalue weighted by Crippen LogP contribution is 2.30. The van der Waals surface area contributed by atoms with E-state index < -0.39 is 30.0 Å². The zero-order valence-corrected chi connectivity index (χ0v) is 11.2. The Kier molecular flexibility index (Phi) is 3.38. The summed E-state index contributed by atoms with van der Waals surface area (Å²) >= 11 is 0. The number of carboxylic acids is 1. The van der Waals surface area contributed by atoms with Crippen LogP contribution in [0.3, 0.4) is 0 Å². The second-order valence-electron chi connectivity index (χ2n) is 4.80. The van der Waals surface area contributed by atoms with E-state index in [-0.39, 0.29) is 5.84 Å². The number of aliphatic carboxylic acids is 1. The molecule has 0 saturated carbocycles. The van der Waals surface area contributed by atoms with Crippen molar-refractivity contribution < 1.29 is 19.5 Å². The molecule has 1 atom stereocenters. The van der Waals surface area contributed by atoms with Crippen LogP contribution in [0, 0.1) is 5.41 Å². The third-order valence-corrected chi connectivity index (χ3v) is 3.32. The molecule has 1 aliphatic heterocycles. The molecule has 110 valence electrons. The van der Waals surface area contributed by atoms with E-state index in [1.807, 2.05) is 0 Å². The topological polar surface area (TPSA) is 137 Å². The summed E-state index contributed by atoms with van der Waals surface area (Å²) in [6.45, 7) is 0.735. The first kappa shape index (κ1) is 14.5. The largest absolute Gasteiger partial charge is 0.480 e. The number of amides is 3. The molecular weight excluding hydrogens is 276 g/mol. The molecule has 0 aromatic heterocycles. The summed E-state index contributed by atoms with van der Waals surface area (Å²) in [5, 5.41) is 18.8. The molecule has 8 heteroatoms. The summed E-state index contributed by atoms with van der Waals surface area (Å²) in [5.41, 5.74) is 4.70. The zero-order valence-electron chi connectivity index (χ0n) is 11.2. The van der Waals surface area contributed by atoms with Crippen LogP contribution in [-0.2, 0) is 15.1 Å². The number of hydrogen-bond acceptors (Lipinski definition) is 4.